The van der Waals surface area contributed by atoms with Gasteiger partial charge in [0.1, 0.15) is 11.6 Å². The van der Waals surface area contributed by atoms with Crippen molar-refractivity contribution in [1.82, 2.24) is 0 Å². The Morgan fingerprint density at radius 2 is 2.33 bits per heavy atom. The van der Waals surface area contributed by atoms with Gasteiger partial charge < -0.3 is 4.74 Å². The van der Waals surface area contributed by atoms with Crippen LogP contribution in [0.2, 0.25) is 0 Å². The van der Waals surface area contributed by atoms with Gasteiger partial charge in [-0.25, -0.2) is 4.39 Å². The zero-order chi connectivity index (χ0) is 11.1. The fraction of sp³-hybridized carbons (Fsp3) is 0.500. The van der Waals surface area contributed by atoms with E-state index in [2.05, 4.69) is 0 Å². The molecule has 1 saturated carbocycles. The largest absolute Gasteiger partial charge is 0.496 e. The van der Waals surface area contributed by atoms with Crippen LogP contribution in [-0.2, 0) is 5.41 Å². The van der Waals surface area contributed by atoms with Gasteiger partial charge in [0.15, 0.2) is 0 Å². The topological polar surface area (TPSA) is 9.23 Å². The molecule has 0 saturated heterocycles. The lowest BCUT2D eigenvalue weighted by molar-refractivity contribution is 0.397. The van der Waals surface area contributed by atoms with Gasteiger partial charge in [-0.15, -0.1) is 11.6 Å². The van der Waals surface area contributed by atoms with Crippen molar-refractivity contribution in [1.29, 1.82) is 0 Å². The van der Waals surface area contributed by atoms with Gasteiger partial charge in [-0.1, -0.05) is 13.0 Å². The highest BCUT2D eigenvalue weighted by atomic mass is 35.5. The number of benzene rings is 1. The molecule has 0 bridgehead atoms. The van der Waals surface area contributed by atoms with Crippen LogP contribution >= 0.6 is 11.6 Å². The summed E-state index contributed by atoms with van der Waals surface area (Å²) in [5.41, 5.74) is 0.538. The Balaban J connectivity index is 2.44. The number of rotatable bonds is 3. The van der Waals surface area contributed by atoms with Crippen molar-refractivity contribution in [3.63, 3.8) is 0 Å². The molecule has 1 aliphatic carbocycles. The van der Waals surface area contributed by atoms with Crippen LogP contribution < -0.4 is 4.74 Å². The Morgan fingerprint density at radius 1 is 1.60 bits per heavy atom. The van der Waals surface area contributed by atoms with Crippen LogP contribution in [-0.4, -0.2) is 13.0 Å². The number of alkyl halides is 1. The van der Waals surface area contributed by atoms with E-state index in [1.54, 1.807) is 19.2 Å². The average Bonchev–Trinajstić information content (AvgIpc) is 2.90. The molecule has 2 atom stereocenters. The van der Waals surface area contributed by atoms with Crippen LogP contribution in [0, 0.1) is 11.7 Å². The highest BCUT2D eigenvalue weighted by Gasteiger charge is 2.53. The van der Waals surface area contributed by atoms with Crippen molar-refractivity contribution in [3.05, 3.63) is 29.6 Å². The van der Waals surface area contributed by atoms with Crippen LogP contribution in [0.5, 0.6) is 5.75 Å². The zero-order valence-electron chi connectivity index (χ0n) is 8.89. The van der Waals surface area contributed by atoms with Crippen molar-refractivity contribution in [2.75, 3.05) is 13.0 Å². The molecule has 0 heterocycles. The smallest absolute Gasteiger partial charge is 0.130 e. The Morgan fingerprint density at radius 3 is 2.87 bits per heavy atom. The van der Waals surface area contributed by atoms with Gasteiger partial charge in [-0.3, -0.25) is 0 Å². The summed E-state index contributed by atoms with van der Waals surface area (Å²) in [6, 6.07) is 4.94. The molecule has 1 aromatic rings. The fourth-order valence-corrected chi connectivity index (χ4v) is 2.66. The van der Waals surface area contributed by atoms with E-state index in [9.17, 15) is 4.39 Å². The van der Waals surface area contributed by atoms with Gasteiger partial charge in [0.05, 0.1) is 7.11 Å². The number of ether oxygens (including phenoxy) is 1. The SMILES string of the molecule is COc1cccc(F)c1C1(C)CC1CCl. The minimum atomic E-state index is -0.190. The summed E-state index contributed by atoms with van der Waals surface area (Å²) < 4.78 is 19.0. The van der Waals surface area contributed by atoms with Gasteiger partial charge in [0.25, 0.3) is 0 Å². The highest BCUT2D eigenvalue weighted by molar-refractivity contribution is 6.18. The molecule has 3 heteroatoms. The zero-order valence-corrected chi connectivity index (χ0v) is 9.64. The number of hydrogen-bond acceptors (Lipinski definition) is 1. The molecular weight excluding hydrogens is 215 g/mol. The summed E-state index contributed by atoms with van der Waals surface area (Å²) >= 11 is 5.82. The molecule has 0 N–H and O–H groups in total. The molecular formula is C12H14ClFO. The lowest BCUT2D eigenvalue weighted by atomic mass is 9.94. The second kappa shape index (κ2) is 3.67. The fourth-order valence-electron chi connectivity index (χ4n) is 2.21. The normalized spacial score (nSPS) is 28.9. The van der Waals surface area contributed by atoms with E-state index in [-0.39, 0.29) is 11.2 Å². The maximum absolute atomic E-state index is 13.8. The van der Waals surface area contributed by atoms with E-state index >= 15 is 0 Å². The second-order valence-corrected chi connectivity index (χ2v) is 4.60. The van der Waals surface area contributed by atoms with E-state index in [1.165, 1.54) is 6.07 Å². The molecule has 2 unspecified atom stereocenters. The Kier molecular flexibility index (Phi) is 2.63. The maximum Gasteiger partial charge on any atom is 0.130 e. The first-order chi connectivity index (χ1) is 7.13. The quantitative estimate of drug-likeness (QED) is 0.721. The molecule has 82 valence electrons. The lowest BCUT2D eigenvalue weighted by Crippen LogP contribution is -2.10. The predicted octanol–water partition coefficient (Wildman–Crippen LogP) is 3.35. The molecule has 2 rings (SSSR count). The van der Waals surface area contributed by atoms with Gasteiger partial charge in [-0.05, 0) is 24.5 Å². The van der Waals surface area contributed by atoms with Crippen LogP contribution in [0.25, 0.3) is 0 Å². The molecule has 0 amide bonds. The van der Waals surface area contributed by atoms with Gasteiger partial charge in [-0.2, -0.15) is 0 Å². The van der Waals surface area contributed by atoms with Crippen LogP contribution in [0.1, 0.15) is 18.9 Å². The molecule has 0 spiro atoms. The molecule has 15 heavy (non-hydrogen) atoms. The number of hydrogen-bond donors (Lipinski definition) is 0. The van der Waals surface area contributed by atoms with Crippen molar-refractivity contribution < 1.29 is 9.13 Å². The first-order valence-corrected chi connectivity index (χ1v) is 5.56. The van der Waals surface area contributed by atoms with Crippen molar-refractivity contribution in [2.45, 2.75) is 18.8 Å². The molecule has 1 aromatic carbocycles. The Bertz CT molecular complexity index is 380. The minimum Gasteiger partial charge on any atom is -0.496 e. The van der Waals surface area contributed by atoms with Crippen molar-refractivity contribution in [2.24, 2.45) is 5.92 Å². The van der Waals surface area contributed by atoms with Gasteiger partial charge >= 0.3 is 0 Å². The summed E-state index contributed by atoms with van der Waals surface area (Å²) in [4.78, 5) is 0. The predicted molar refractivity (Wildman–Crippen MR) is 59.1 cm³/mol. The monoisotopic (exact) mass is 228 g/mol. The molecule has 0 aliphatic heterocycles. The van der Waals surface area contributed by atoms with Crippen molar-refractivity contribution in [3.8, 4) is 5.75 Å². The van der Waals surface area contributed by atoms with Crippen molar-refractivity contribution >= 4 is 11.6 Å². The number of methoxy groups -OCH3 is 1. The molecule has 1 fully saturated rings. The summed E-state index contributed by atoms with van der Waals surface area (Å²) in [6.07, 6.45) is 0.938. The number of halogens is 2. The summed E-state index contributed by atoms with van der Waals surface area (Å²) in [7, 11) is 1.57. The maximum atomic E-state index is 13.8. The van der Waals surface area contributed by atoms with E-state index in [1.807, 2.05) is 6.92 Å². The van der Waals surface area contributed by atoms with E-state index in [4.69, 9.17) is 16.3 Å². The molecule has 1 nitrogen and oxygen atoms in total. The molecule has 1 aliphatic rings. The third kappa shape index (κ3) is 1.61. The van der Waals surface area contributed by atoms with E-state index < -0.39 is 0 Å². The third-order valence-electron chi connectivity index (χ3n) is 3.36. The van der Waals surface area contributed by atoms with Gasteiger partial charge in [0.2, 0.25) is 0 Å². The molecule has 0 radical (unpaired) electrons. The summed E-state index contributed by atoms with van der Waals surface area (Å²) in [5, 5.41) is 0. The van der Waals surface area contributed by atoms with Crippen LogP contribution in [0.4, 0.5) is 4.39 Å². The first kappa shape index (κ1) is 10.7. The standard InChI is InChI=1S/C12H14ClFO/c1-12(6-8(12)7-13)11-9(14)4-3-5-10(11)15-2/h3-5,8H,6-7H2,1-2H3. The summed E-state index contributed by atoms with van der Waals surface area (Å²) in [5.74, 6) is 1.38. The summed E-state index contributed by atoms with van der Waals surface area (Å²) in [6.45, 7) is 2.04. The first-order valence-electron chi connectivity index (χ1n) is 5.02. The lowest BCUT2D eigenvalue weighted by Gasteiger charge is -2.16. The average molecular weight is 229 g/mol. The Labute approximate surface area is 94.2 Å². The molecule has 0 aromatic heterocycles. The third-order valence-corrected chi connectivity index (χ3v) is 3.74. The Hall–Kier alpha value is -0.760. The second-order valence-electron chi connectivity index (χ2n) is 4.29. The van der Waals surface area contributed by atoms with E-state index in [0.717, 1.165) is 6.42 Å². The highest BCUT2D eigenvalue weighted by Crippen LogP contribution is 2.57. The van der Waals surface area contributed by atoms with Crippen LogP contribution in [0.3, 0.4) is 0 Å². The van der Waals surface area contributed by atoms with Crippen LogP contribution in [0.15, 0.2) is 18.2 Å². The minimum absolute atomic E-state index is 0.140. The van der Waals surface area contributed by atoms with Gasteiger partial charge in [0, 0.05) is 16.9 Å². The van der Waals surface area contributed by atoms with E-state index in [0.29, 0.717) is 23.1 Å².